The van der Waals surface area contributed by atoms with Crippen molar-refractivity contribution in [1.82, 2.24) is 4.98 Å². The van der Waals surface area contributed by atoms with E-state index >= 15 is 0 Å². The zero-order valence-electron chi connectivity index (χ0n) is 6.70. The Morgan fingerprint density at radius 1 is 1.45 bits per heavy atom. The maximum absolute atomic E-state index is 8.55. The first-order valence-electron chi connectivity index (χ1n) is 3.59. The van der Waals surface area contributed by atoms with Gasteiger partial charge < -0.3 is 0 Å². The van der Waals surface area contributed by atoms with Crippen LogP contribution in [0.1, 0.15) is 30.9 Å². The molecule has 0 aliphatic heterocycles. The van der Waals surface area contributed by atoms with E-state index in [1.54, 1.807) is 12.4 Å². The molecule has 1 aromatic heterocycles. The standard InChI is InChI=1S/C9H10N2/c1-7(2)9-3-8(4-10)5-11-6-9/h3,5-7H,1-2H3. The van der Waals surface area contributed by atoms with Crippen molar-refractivity contribution in [3.05, 3.63) is 29.6 Å². The number of pyridine rings is 1. The van der Waals surface area contributed by atoms with Crippen LogP contribution in [0.25, 0.3) is 0 Å². The number of aromatic nitrogens is 1. The number of hydrogen-bond donors (Lipinski definition) is 0. The summed E-state index contributed by atoms with van der Waals surface area (Å²) < 4.78 is 0. The van der Waals surface area contributed by atoms with Crippen molar-refractivity contribution in [3.8, 4) is 6.07 Å². The Morgan fingerprint density at radius 2 is 2.18 bits per heavy atom. The summed E-state index contributed by atoms with van der Waals surface area (Å²) in [7, 11) is 0. The first kappa shape index (κ1) is 7.74. The smallest absolute Gasteiger partial charge is 0.101 e. The van der Waals surface area contributed by atoms with E-state index in [1.807, 2.05) is 6.07 Å². The maximum Gasteiger partial charge on any atom is 0.101 e. The number of hydrogen-bond acceptors (Lipinski definition) is 2. The molecule has 56 valence electrons. The molecule has 0 N–H and O–H groups in total. The van der Waals surface area contributed by atoms with Crippen LogP contribution in [-0.4, -0.2) is 4.98 Å². The summed E-state index contributed by atoms with van der Waals surface area (Å²) in [6.07, 6.45) is 3.37. The molecule has 0 amide bonds. The SMILES string of the molecule is CC(C)c1cncc(C#N)c1. The molecule has 1 rings (SSSR count). The fourth-order valence-electron chi connectivity index (χ4n) is 0.835. The Bertz CT molecular complexity index is 284. The quantitative estimate of drug-likeness (QED) is 0.608. The Morgan fingerprint density at radius 3 is 2.73 bits per heavy atom. The van der Waals surface area contributed by atoms with Gasteiger partial charge in [0.25, 0.3) is 0 Å². The lowest BCUT2D eigenvalue weighted by Crippen LogP contribution is -1.89. The monoisotopic (exact) mass is 146 g/mol. The molecule has 0 bridgehead atoms. The summed E-state index contributed by atoms with van der Waals surface area (Å²) >= 11 is 0. The predicted octanol–water partition coefficient (Wildman–Crippen LogP) is 2.08. The molecule has 1 aromatic rings. The second kappa shape index (κ2) is 3.16. The predicted molar refractivity (Wildman–Crippen MR) is 43.0 cm³/mol. The zero-order chi connectivity index (χ0) is 8.27. The minimum atomic E-state index is 0.441. The van der Waals surface area contributed by atoms with E-state index in [9.17, 15) is 0 Å². The molecule has 0 unspecified atom stereocenters. The number of nitriles is 1. The average Bonchev–Trinajstić information content (AvgIpc) is 2.05. The summed E-state index contributed by atoms with van der Waals surface area (Å²) in [5.41, 5.74) is 1.75. The topological polar surface area (TPSA) is 36.7 Å². The molecule has 1 heterocycles. The van der Waals surface area contributed by atoms with Crippen molar-refractivity contribution in [3.63, 3.8) is 0 Å². The van der Waals surface area contributed by atoms with Crippen LogP contribution in [-0.2, 0) is 0 Å². The van der Waals surface area contributed by atoms with Crippen LogP contribution in [0.5, 0.6) is 0 Å². The van der Waals surface area contributed by atoms with Gasteiger partial charge in [0.15, 0.2) is 0 Å². The highest BCUT2D eigenvalue weighted by Crippen LogP contribution is 2.13. The highest BCUT2D eigenvalue weighted by atomic mass is 14.6. The molecule has 0 aliphatic carbocycles. The molecule has 11 heavy (non-hydrogen) atoms. The lowest BCUT2D eigenvalue weighted by molar-refractivity contribution is 0.857. The minimum absolute atomic E-state index is 0.441. The molecule has 2 heteroatoms. The van der Waals surface area contributed by atoms with Gasteiger partial charge in [-0.05, 0) is 17.5 Å². The fraction of sp³-hybridized carbons (Fsp3) is 0.333. The molecule has 0 aromatic carbocycles. The molecular weight excluding hydrogens is 136 g/mol. The summed E-state index contributed by atoms with van der Waals surface area (Å²) in [4.78, 5) is 3.95. The summed E-state index contributed by atoms with van der Waals surface area (Å²) in [6, 6.07) is 3.93. The Hall–Kier alpha value is -1.36. The molecule has 0 saturated carbocycles. The summed E-state index contributed by atoms with van der Waals surface area (Å²) in [5, 5.41) is 8.55. The third-order valence-corrected chi connectivity index (χ3v) is 1.56. The largest absolute Gasteiger partial charge is 0.263 e. The van der Waals surface area contributed by atoms with Gasteiger partial charge >= 0.3 is 0 Å². The lowest BCUT2D eigenvalue weighted by Gasteiger charge is -2.02. The van der Waals surface area contributed by atoms with Crippen molar-refractivity contribution in [1.29, 1.82) is 5.26 Å². The van der Waals surface area contributed by atoms with E-state index in [0.717, 1.165) is 5.56 Å². The van der Waals surface area contributed by atoms with E-state index in [2.05, 4.69) is 24.9 Å². The Labute approximate surface area is 66.5 Å². The minimum Gasteiger partial charge on any atom is -0.263 e. The fourth-order valence-corrected chi connectivity index (χ4v) is 0.835. The Balaban J connectivity index is 3.03. The van der Waals surface area contributed by atoms with Crippen LogP contribution in [0.2, 0.25) is 0 Å². The second-order valence-corrected chi connectivity index (χ2v) is 2.77. The van der Waals surface area contributed by atoms with E-state index in [4.69, 9.17) is 5.26 Å². The molecule has 0 radical (unpaired) electrons. The third-order valence-electron chi connectivity index (χ3n) is 1.56. The van der Waals surface area contributed by atoms with Crippen molar-refractivity contribution < 1.29 is 0 Å². The van der Waals surface area contributed by atoms with Gasteiger partial charge in [0.05, 0.1) is 5.56 Å². The average molecular weight is 146 g/mol. The molecule has 0 fully saturated rings. The zero-order valence-corrected chi connectivity index (χ0v) is 6.70. The van der Waals surface area contributed by atoms with Crippen molar-refractivity contribution >= 4 is 0 Å². The van der Waals surface area contributed by atoms with E-state index < -0.39 is 0 Å². The van der Waals surface area contributed by atoms with Gasteiger partial charge in [-0.1, -0.05) is 13.8 Å². The van der Waals surface area contributed by atoms with Gasteiger partial charge in [0.2, 0.25) is 0 Å². The van der Waals surface area contributed by atoms with Crippen LogP contribution < -0.4 is 0 Å². The van der Waals surface area contributed by atoms with Crippen molar-refractivity contribution in [2.75, 3.05) is 0 Å². The van der Waals surface area contributed by atoms with Crippen molar-refractivity contribution in [2.24, 2.45) is 0 Å². The highest BCUT2D eigenvalue weighted by Gasteiger charge is 1.99. The first-order valence-corrected chi connectivity index (χ1v) is 3.59. The van der Waals surface area contributed by atoms with Gasteiger partial charge in [-0.25, -0.2) is 0 Å². The number of rotatable bonds is 1. The van der Waals surface area contributed by atoms with Crippen LogP contribution in [0.15, 0.2) is 18.5 Å². The normalized spacial score (nSPS) is 9.64. The molecule has 2 nitrogen and oxygen atoms in total. The summed E-state index contributed by atoms with van der Waals surface area (Å²) in [6.45, 7) is 4.16. The van der Waals surface area contributed by atoms with Crippen LogP contribution in [0.3, 0.4) is 0 Å². The second-order valence-electron chi connectivity index (χ2n) is 2.77. The highest BCUT2D eigenvalue weighted by molar-refractivity contribution is 5.30. The van der Waals surface area contributed by atoms with Gasteiger partial charge in [-0.2, -0.15) is 5.26 Å². The molecular formula is C9H10N2. The van der Waals surface area contributed by atoms with E-state index in [1.165, 1.54) is 0 Å². The van der Waals surface area contributed by atoms with Gasteiger partial charge in [0, 0.05) is 12.4 Å². The van der Waals surface area contributed by atoms with Gasteiger partial charge in [-0.3, -0.25) is 4.98 Å². The summed E-state index contributed by atoms with van der Waals surface area (Å²) in [5.74, 6) is 0.441. The number of nitrogens with zero attached hydrogens (tertiary/aromatic N) is 2. The van der Waals surface area contributed by atoms with Crippen LogP contribution in [0.4, 0.5) is 0 Å². The van der Waals surface area contributed by atoms with Gasteiger partial charge in [0.1, 0.15) is 6.07 Å². The Kier molecular flexibility index (Phi) is 2.22. The van der Waals surface area contributed by atoms with Crippen LogP contribution >= 0.6 is 0 Å². The molecule has 0 aliphatic rings. The van der Waals surface area contributed by atoms with Crippen LogP contribution in [0, 0.1) is 11.3 Å². The maximum atomic E-state index is 8.55. The van der Waals surface area contributed by atoms with Gasteiger partial charge in [-0.15, -0.1) is 0 Å². The van der Waals surface area contributed by atoms with E-state index in [0.29, 0.717) is 11.5 Å². The van der Waals surface area contributed by atoms with E-state index in [-0.39, 0.29) is 0 Å². The molecule has 0 atom stereocenters. The molecule has 0 spiro atoms. The molecule has 0 saturated heterocycles. The van der Waals surface area contributed by atoms with Crippen molar-refractivity contribution in [2.45, 2.75) is 19.8 Å². The lowest BCUT2D eigenvalue weighted by atomic mass is 10.0. The first-order chi connectivity index (χ1) is 5.24. The third kappa shape index (κ3) is 1.78.